The number of halogens is 1. The summed E-state index contributed by atoms with van der Waals surface area (Å²) < 4.78 is 2.19. The van der Waals surface area contributed by atoms with Crippen LogP contribution in [0.1, 0.15) is 22.3 Å². The Hall–Kier alpha value is -1.32. The van der Waals surface area contributed by atoms with Crippen LogP contribution in [0.3, 0.4) is 0 Å². The second kappa shape index (κ2) is 4.51. The summed E-state index contributed by atoms with van der Waals surface area (Å²) in [5.41, 5.74) is 8.79. The van der Waals surface area contributed by atoms with Crippen molar-refractivity contribution in [3.8, 4) is 0 Å². The van der Waals surface area contributed by atoms with E-state index in [1.165, 1.54) is 11.1 Å². The average molecular weight is 251 g/mol. The predicted octanol–water partition coefficient (Wildman–Crippen LogP) is 2.15. The lowest BCUT2D eigenvalue weighted by Gasteiger charge is -2.14. The highest BCUT2D eigenvalue weighted by Gasteiger charge is 2.18. The Morgan fingerprint density at radius 3 is 3.00 bits per heavy atom. The largest absolute Gasteiger partial charge is 0.346 e. The molecular weight excluding hydrogens is 236 g/mol. The molecule has 0 spiro atoms. The van der Waals surface area contributed by atoms with Crippen LogP contribution < -0.4 is 5.73 Å². The van der Waals surface area contributed by atoms with Crippen molar-refractivity contribution < 1.29 is 4.79 Å². The molecule has 0 fully saturated rings. The second-order valence-corrected chi connectivity index (χ2v) is 4.28. The number of carbonyl (C=O) groups is 1. The van der Waals surface area contributed by atoms with Gasteiger partial charge in [-0.15, -0.1) is 12.4 Å². The monoisotopic (exact) mass is 250 g/mol. The molecule has 3 nitrogen and oxygen atoms in total. The maximum atomic E-state index is 11.8. The first-order chi connectivity index (χ1) is 7.81. The minimum Gasteiger partial charge on any atom is -0.346 e. The molecule has 2 N–H and O–H groups in total. The van der Waals surface area contributed by atoms with Crippen LogP contribution in [0.5, 0.6) is 0 Å². The Morgan fingerprint density at radius 2 is 2.24 bits per heavy atom. The van der Waals surface area contributed by atoms with Gasteiger partial charge in [0.1, 0.15) is 0 Å². The fourth-order valence-corrected chi connectivity index (χ4v) is 2.59. The number of hydrogen-bond acceptors (Lipinski definition) is 2. The van der Waals surface area contributed by atoms with Gasteiger partial charge in [-0.3, -0.25) is 4.79 Å². The minimum atomic E-state index is 0. The van der Waals surface area contributed by atoms with E-state index in [-0.39, 0.29) is 24.7 Å². The summed E-state index contributed by atoms with van der Waals surface area (Å²) in [6.07, 6.45) is 4.22. The maximum absolute atomic E-state index is 11.8. The number of rotatable bonds is 2. The lowest BCUT2D eigenvalue weighted by Crippen LogP contribution is -2.13. The SMILES string of the molecule is Cl.NCC(=O)c1cn2c3c(cccc13)CCC2. The van der Waals surface area contributed by atoms with Crippen LogP contribution in [0.4, 0.5) is 0 Å². The van der Waals surface area contributed by atoms with Gasteiger partial charge in [0, 0.05) is 23.7 Å². The number of aryl methyl sites for hydroxylation is 2. The lowest BCUT2D eigenvalue weighted by atomic mass is 10.0. The molecule has 0 saturated heterocycles. The van der Waals surface area contributed by atoms with E-state index in [0.29, 0.717) is 0 Å². The highest BCUT2D eigenvalue weighted by atomic mass is 35.5. The Labute approximate surface area is 106 Å². The predicted molar refractivity (Wildman–Crippen MR) is 70.9 cm³/mol. The molecule has 90 valence electrons. The fourth-order valence-electron chi connectivity index (χ4n) is 2.59. The molecule has 1 aromatic heterocycles. The summed E-state index contributed by atoms with van der Waals surface area (Å²) in [5, 5.41) is 1.06. The molecule has 0 amide bonds. The third kappa shape index (κ3) is 1.75. The third-order valence-corrected chi connectivity index (χ3v) is 3.31. The van der Waals surface area contributed by atoms with E-state index in [4.69, 9.17) is 5.73 Å². The summed E-state index contributed by atoms with van der Waals surface area (Å²) in [6, 6.07) is 6.19. The summed E-state index contributed by atoms with van der Waals surface area (Å²) in [6.45, 7) is 1.09. The molecule has 1 aromatic carbocycles. The molecule has 0 radical (unpaired) electrons. The molecule has 4 heteroatoms. The van der Waals surface area contributed by atoms with E-state index < -0.39 is 0 Å². The number of benzene rings is 1. The maximum Gasteiger partial charge on any atom is 0.178 e. The van der Waals surface area contributed by atoms with Gasteiger partial charge < -0.3 is 10.3 Å². The number of para-hydroxylation sites is 1. The van der Waals surface area contributed by atoms with E-state index >= 15 is 0 Å². The van der Waals surface area contributed by atoms with Crippen molar-refractivity contribution >= 4 is 29.1 Å². The van der Waals surface area contributed by atoms with Crippen molar-refractivity contribution in [2.75, 3.05) is 6.54 Å². The number of aromatic nitrogens is 1. The third-order valence-electron chi connectivity index (χ3n) is 3.31. The quantitative estimate of drug-likeness (QED) is 0.831. The van der Waals surface area contributed by atoms with Crippen LogP contribution in [0.25, 0.3) is 10.9 Å². The first-order valence-corrected chi connectivity index (χ1v) is 5.65. The summed E-state index contributed by atoms with van der Waals surface area (Å²) in [7, 11) is 0. The van der Waals surface area contributed by atoms with Crippen LogP contribution in [0.15, 0.2) is 24.4 Å². The van der Waals surface area contributed by atoms with Gasteiger partial charge in [0.05, 0.1) is 12.1 Å². The van der Waals surface area contributed by atoms with Crippen LogP contribution in [-0.2, 0) is 13.0 Å². The number of carbonyl (C=O) groups excluding carboxylic acids is 1. The summed E-state index contributed by atoms with van der Waals surface area (Å²) in [5.74, 6) is 0.0304. The molecule has 0 unspecified atom stereocenters. The summed E-state index contributed by atoms with van der Waals surface area (Å²) in [4.78, 5) is 11.8. The molecule has 0 saturated carbocycles. The van der Waals surface area contributed by atoms with E-state index in [2.05, 4.69) is 10.6 Å². The standard InChI is InChI=1S/C13H14N2O.ClH/c14-7-12(16)11-8-15-6-2-4-9-3-1-5-10(11)13(9)15;/h1,3,5,8H,2,4,6-7,14H2;1H. The Bertz CT molecular complexity index is 574. The number of ketones is 1. The fraction of sp³-hybridized carbons (Fsp3) is 0.308. The number of nitrogens with zero attached hydrogens (tertiary/aromatic N) is 1. The molecule has 3 rings (SSSR count). The Kier molecular flexibility index (Phi) is 3.22. The van der Waals surface area contributed by atoms with Gasteiger partial charge >= 0.3 is 0 Å². The molecule has 0 bridgehead atoms. The van der Waals surface area contributed by atoms with Crippen molar-refractivity contribution in [3.05, 3.63) is 35.5 Å². The van der Waals surface area contributed by atoms with E-state index in [9.17, 15) is 4.79 Å². The topological polar surface area (TPSA) is 48.0 Å². The smallest absolute Gasteiger partial charge is 0.178 e. The molecule has 2 aromatic rings. The van der Waals surface area contributed by atoms with E-state index in [1.807, 2.05) is 18.3 Å². The normalized spacial score (nSPS) is 13.5. The van der Waals surface area contributed by atoms with Crippen LogP contribution in [0.2, 0.25) is 0 Å². The average Bonchev–Trinajstić information content (AvgIpc) is 2.70. The van der Waals surface area contributed by atoms with E-state index in [1.54, 1.807) is 0 Å². The zero-order chi connectivity index (χ0) is 11.1. The van der Waals surface area contributed by atoms with Crippen molar-refractivity contribution in [1.82, 2.24) is 4.57 Å². The molecule has 1 aliphatic rings. The van der Waals surface area contributed by atoms with Crippen LogP contribution >= 0.6 is 12.4 Å². The zero-order valence-electron chi connectivity index (χ0n) is 9.48. The number of Topliss-reactive ketones (excluding diaryl/α,β-unsaturated/α-hetero) is 1. The van der Waals surface area contributed by atoms with Gasteiger partial charge in [-0.05, 0) is 18.4 Å². The van der Waals surface area contributed by atoms with E-state index in [0.717, 1.165) is 30.3 Å². The molecule has 0 aliphatic carbocycles. The van der Waals surface area contributed by atoms with Gasteiger partial charge in [0.15, 0.2) is 5.78 Å². The highest BCUT2D eigenvalue weighted by molar-refractivity contribution is 6.09. The molecular formula is C13H15ClN2O. The van der Waals surface area contributed by atoms with Gasteiger partial charge in [-0.25, -0.2) is 0 Å². The van der Waals surface area contributed by atoms with Gasteiger partial charge in [0.25, 0.3) is 0 Å². The van der Waals surface area contributed by atoms with Gasteiger partial charge in [0.2, 0.25) is 0 Å². The van der Waals surface area contributed by atoms with Gasteiger partial charge in [-0.1, -0.05) is 18.2 Å². The molecule has 17 heavy (non-hydrogen) atoms. The number of nitrogens with two attached hydrogens (primary N) is 1. The van der Waals surface area contributed by atoms with Crippen molar-refractivity contribution in [1.29, 1.82) is 0 Å². The first-order valence-electron chi connectivity index (χ1n) is 5.65. The van der Waals surface area contributed by atoms with Crippen molar-refractivity contribution in [2.24, 2.45) is 5.73 Å². The molecule has 0 atom stereocenters. The zero-order valence-corrected chi connectivity index (χ0v) is 10.3. The Balaban J connectivity index is 0.00000108. The van der Waals surface area contributed by atoms with Crippen LogP contribution in [-0.4, -0.2) is 16.9 Å². The molecule has 1 aliphatic heterocycles. The second-order valence-electron chi connectivity index (χ2n) is 4.28. The van der Waals surface area contributed by atoms with Gasteiger partial charge in [-0.2, -0.15) is 0 Å². The molecule has 2 heterocycles. The number of hydrogen-bond donors (Lipinski definition) is 1. The highest BCUT2D eigenvalue weighted by Crippen LogP contribution is 2.29. The summed E-state index contributed by atoms with van der Waals surface area (Å²) >= 11 is 0. The van der Waals surface area contributed by atoms with Crippen molar-refractivity contribution in [3.63, 3.8) is 0 Å². The first kappa shape index (κ1) is 12.1. The lowest BCUT2D eigenvalue weighted by molar-refractivity contribution is 0.100. The van der Waals surface area contributed by atoms with Crippen LogP contribution in [0, 0.1) is 0 Å². The Morgan fingerprint density at radius 1 is 1.41 bits per heavy atom. The minimum absolute atomic E-state index is 0. The van der Waals surface area contributed by atoms with Crippen molar-refractivity contribution in [2.45, 2.75) is 19.4 Å².